The van der Waals surface area contributed by atoms with Crippen LogP contribution < -0.4 is 10.9 Å². The highest BCUT2D eigenvalue weighted by Crippen LogP contribution is 2.15. The van der Waals surface area contributed by atoms with Crippen LogP contribution in [0.2, 0.25) is 0 Å². The molecule has 0 radical (unpaired) electrons. The quantitative estimate of drug-likeness (QED) is 0.943. The van der Waals surface area contributed by atoms with Crippen LogP contribution in [0.4, 0.5) is 0 Å². The molecule has 0 fully saturated rings. The van der Waals surface area contributed by atoms with Crippen molar-refractivity contribution in [3.8, 4) is 0 Å². The molecule has 4 nitrogen and oxygen atoms in total. The minimum atomic E-state index is -0.134. The molecule has 0 atom stereocenters. The van der Waals surface area contributed by atoms with Crippen LogP contribution in [0.3, 0.4) is 0 Å². The molecule has 0 bridgehead atoms. The second-order valence-corrected chi connectivity index (χ2v) is 6.00. The van der Waals surface area contributed by atoms with Gasteiger partial charge in [0.05, 0.1) is 5.56 Å². The summed E-state index contributed by atoms with van der Waals surface area (Å²) in [4.78, 5) is 25.2. The third-order valence-electron chi connectivity index (χ3n) is 3.52. The maximum atomic E-state index is 12.2. The van der Waals surface area contributed by atoms with Gasteiger partial charge in [0.2, 0.25) is 0 Å². The Labute approximate surface area is 122 Å². The number of amides is 1. The SMILES string of the molecule is Cc1cc(C)n(C)c(=O)c1CNC(=O)c1ccsc1C. The van der Waals surface area contributed by atoms with Crippen LogP contribution in [-0.4, -0.2) is 10.5 Å². The van der Waals surface area contributed by atoms with Crippen molar-refractivity contribution in [3.05, 3.63) is 55.1 Å². The highest BCUT2D eigenvalue weighted by Gasteiger charge is 2.12. The summed E-state index contributed by atoms with van der Waals surface area (Å²) in [5.41, 5.74) is 3.09. The molecule has 0 saturated heterocycles. The average molecular weight is 290 g/mol. The van der Waals surface area contributed by atoms with Gasteiger partial charge in [0.1, 0.15) is 0 Å². The summed E-state index contributed by atoms with van der Waals surface area (Å²) in [6.45, 7) is 5.96. The zero-order valence-corrected chi connectivity index (χ0v) is 12.9. The Kier molecular flexibility index (Phi) is 4.09. The average Bonchev–Trinajstić information content (AvgIpc) is 2.82. The summed E-state index contributed by atoms with van der Waals surface area (Å²) in [7, 11) is 1.74. The van der Waals surface area contributed by atoms with Crippen LogP contribution in [-0.2, 0) is 13.6 Å². The lowest BCUT2D eigenvalue weighted by Crippen LogP contribution is -2.31. The number of hydrogen-bond acceptors (Lipinski definition) is 3. The van der Waals surface area contributed by atoms with Crippen molar-refractivity contribution >= 4 is 17.2 Å². The van der Waals surface area contributed by atoms with Crippen LogP contribution in [0.25, 0.3) is 0 Å². The second kappa shape index (κ2) is 5.63. The number of thiophene rings is 1. The van der Waals surface area contributed by atoms with E-state index in [4.69, 9.17) is 0 Å². The normalized spacial score (nSPS) is 10.6. The molecule has 0 spiro atoms. The molecule has 0 unspecified atom stereocenters. The predicted molar refractivity (Wildman–Crippen MR) is 81.4 cm³/mol. The fourth-order valence-electron chi connectivity index (χ4n) is 2.13. The molecule has 0 aliphatic heterocycles. The van der Waals surface area contributed by atoms with Crippen molar-refractivity contribution in [2.45, 2.75) is 27.3 Å². The van der Waals surface area contributed by atoms with Gasteiger partial charge in [-0.25, -0.2) is 0 Å². The third kappa shape index (κ3) is 2.67. The largest absolute Gasteiger partial charge is 0.348 e. The van der Waals surface area contributed by atoms with E-state index >= 15 is 0 Å². The first kappa shape index (κ1) is 14.5. The summed E-state index contributed by atoms with van der Waals surface area (Å²) in [5, 5.41) is 4.71. The van der Waals surface area contributed by atoms with E-state index in [9.17, 15) is 9.59 Å². The van der Waals surface area contributed by atoms with Gasteiger partial charge in [-0.3, -0.25) is 9.59 Å². The van der Waals surface area contributed by atoms with E-state index in [1.807, 2.05) is 32.2 Å². The number of rotatable bonds is 3. The predicted octanol–water partition coefficient (Wildman–Crippen LogP) is 2.30. The Morgan fingerprint density at radius 2 is 2.05 bits per heavy atom. The molecular formula is C15H18N2O2S. The second-order valence-electron chi connectivity index (χ2n) is 4.88. The van der Waals surface area contributed by atoms with Crippen molar-refractivity contribution in [1.82, 2.24) is 9.88 Å². The van der Waals surface area contributed by atoms with Crippen molar-refractivity contribution in [2.24, 2.45) is 7.05 Å². The van der Waals surface area contributed by atoms with Gasteiger partial charge in [0.15, 0.2) is 0 Å². The summed E-state index contributed by atoms with van der Waals surface area (Å²) in [6, 6.07) is 3.76. The van der Waals surface area contributed by atoms with Gasteiger partial charge >= 0.3 is 0 Å². The highest BCUT2D eigenvalue weighted by atomic mass is 32.1. The zero-order chi connectivity index (χ0) is 14.9. The van der Waals surface area contributed by atoms with Crippen molar-refractivity contribution < 1.29 is 4.79 Å². The minimum Gasteiger partial charge on any atom is -0.348 e. The first-order chi connectivity index (χ1) is 9.41. The van der Waals surface area contributed by atoms with Crippen LogP contribution in [0.5, 0.6) is 0 Å². The molecule has 2 heterocycles. The van der Waals surface area contributed by atoms with E-state index in [2.05, 4.69) is 5.32 Å². The monoisotopic (exact) mass is 290 g/mol. The Morgan fingerprint density at radius 1 is 1.35 bits per heavy atom. The zero-order valence-electron chi connectivity index (χ0n) is 12.1. The summed E-state index contributed by atoms with van der Waals surface area (Å²) in [5.74, 6) is -0.134. The van der Waals surface area contributed by atoms with Gasteiger partial charge in [-0.2, -0.15) is 0 Å². The molecule has 5 heteroatoms. The van der Waals surface area contributed by atoms with Crippen LogP contribution in [0.15, 0.2) is 22.3 Å². The van der Waals surface area contributed by atoms with E-state index in [0.29, 0.717) is 11.1 Å². The molecule has 2 aromatic rings. The van der Waals surface area contributed by atoms with Crippen molar-refractivity contribution in [3.63, 3.8) is 0 Å². The fraction of sp³-hybridized carbons (Fsp3) is 0.333. The number of pyridine rings is 1. The van der Waals surface area contributed by atoms with Crippen molar-refractivity contribution in [2.75, 3.05) is 0 Å². The smallest absolute Gasteiger partial charge is 0.255 e. The molecule has 0 aliphatic carbocycles. The number of nitrogens with zero attached hydrogens (tertiary/aromatic N) is 1. The maximum Gasteiger partial charge on any atom is 0.255 e. The van der Waals surface area contributed by atoms with Gasteiger partial charge in [0.25, 0.3) is 11.5 Å². The van der Waals surface area contributed by atoms with Crippen LogP contribution in [0, 0.1) is 20.8 Å². The maximum absolute atomic E-state index is 12.2. The van der Waals surface area contributed by atoms with Crippen LogP contribution in [0.1, 0.15) is 32.1 Å². The first-order valence-electron chi connectivity index (χ1n) is 6.40. The van der Waals surface area contributed by atoms with Crippen LogP contribution >= 0.6 is 11.3 Å². The van der Waals surface area contributed by atoms with Crippen molar-refractivity contribution in [1.29, 1.82) is 0 Å². The van der Waals surface area contributed by atoms with Gasteiger partial charge < -0.3 is 9.88 Å². The van der Waals surface area contributed by atoms with E-state index in [-0.39, 0.29) is 18.0 Å². The highest BCUT2D eigenvalue weighted by molar-refractivity contribution is 7.10. The number of hydrogen-bond donors (Lipinski definition) is 1. The van der Waals surface area contributed by atoms with E-state index in [0.717, 1.165) is 16.1 Å². The first-order valence-corrected chi connectivity index (χ1v) is 7.28. The number of aromatic nitrogens is 1. The molecule has 0 aliphatic rings. The molecule has 106 valence electrons. The van der Waals surface area contributed by atoms with Gasteiger partial charge in [-0.15, -0.1) is 11.3 Å². The van der Waals surface area contributed by atoms with Gasteiger partial charge in [-0.05, 0) is 43.8 Å². The summed E-state index contributed by atoms with van der Waals surface area (Å²) < 4.78 is 1.60. The van der Waals surface area contributed by atoms with E-state index in [1.54, 1.807) is 17.7 Å². The van der Waals surface area contributed by atoms with Gasteiger partial charge in [0, 0.05) is 29.7 Å². The molecule has 1 N–H and O–H groups in total. The minimum absolute atomic E-state index is 0.0511. The molecule has 1 amide bonds. The van der Waals surface area contributed by atoms with E-state index < -0.39 is 0 Å². The Hall–Kier alpha value is -1.88. The standard InChI is InChI=1S/C15H18N2O2S/c1-9-7-10(2)17(4)15(19)13(9)8-16-14(18)12-5-6-20-11(12)3/h5-7H,8H2,1-4H3,(H,16,18). The van der Waals surface area contributed by atoms with E-state index in [1.165, 1.54) is 11.3 Å². The molecule has 0 saturated carbocycles. The molecule has 2 rings (SSSR count). The molecule has 0 aromatic carbocycles. The Morgan fingerprint density at radius 3 is 2.65 bits per heavy atom. The Bertz CT molecular complexity index is 713. The molecule has 2 aromatic heterocycles. The molecular weight excluding hydrogens is 272 g/mol. The van der Waals surface area contributed by atoms with Gasteiger partial charge in [-0.1, -0.05) is 0 Å². The number of nitrogens with one attached hydrogen (secondary N) is 1. The number of carbonyl (C=O) groups excluding carboxylic acids is 1. The topological polar surface area (TPSA) is 51.1 Å². The Balaban J connectivity index is 2.20. The third-order valence-corrected chi connectivity index (χ3v) is 4.37. The fourth-order valence-corrected chi connectivity index (χ4v) is 2.82. The summed E-state index contributed by atoms with van der Waals surface area (Å²) >= 11 is 1.54. The number of carbonyl (C=O) groups is 1. The lowest BCUT2D eigenvalue weighted by molar-refractivity contribution is 0.0950. The number of aryl methyl sites for hydroxylation is 3. The summed E-state index contributed by atoms with van der Waals surface area (Å²) in [6.07, 6.45) is 0. The lowest BCUT2D eigenvalue weighted by Gasteiger charge is -2.11. The lowest BCUT2D eigenvalue weighted by atomic mass is 10.1. The molecule has 20 heavy (non-hydrogen) atoms.